The van der Waals surface area contributed by atoms with Gasteiger partial charge in [0, 0.05) is 22.6 Å². The van der Waals surface area contributed by atoms with E-state index in [0.29, 0.717) is 24.3 Å². The number of phenols is 1. The zero-order valence-corrected chi connectivity index (χ0v) is 19.7. The molecule has 33 heavy (non-hydrogen) atoms. The number of amides is 1. The monoisotopic (exact) mass is 467 g/mol. The lowest BCUT2D eigenvalue weighted by molar-refractivity contribution is -0.136. The number of nitrogens with one attached hydrogen (secondary N) is 1. The van der Waals surface area contributed by atoms with Crippen LogP contribution in [0.4, 0.5) is 0 Å². The Labute approximate surface area is 198 Å². The number of aliphatic carboxylic acids is 1. The SMILES string of the molecule is Cc1ccc(OCCCCNC(=O)c2cc(SCCC(=O)O)c3ccccc3c2O)c(C)c1. The van der Waals surface area contributed by atoms with Gasteiger partial charge in [-0.15, -0.1) is 11.8 Å². The molecule has 0 atom stereocenters. The molecule has 0 aromatic heterocycles. The molecule has 7 heteroatoms. The van der Waals surface area contributed by atoms with Gasteiger partial charge in [0.25, 0.3) is 5.91 Å². The third-order valence-corrected chi connectivity index (χ3v) is 6.30. The molecule has 0 saturated heterocycles. The van der Waals surface area contributed by atoms with Gasteiger partial charge in [-0.3, -0.25) is 9.59 Å². The number of carboxylic acid groups (broad SMARTS) is 1. The Bertz CT molecular complexity index is 1140. The van der Waals surface area contributed by atoms with Gasteiger partial charge in [0.15, 0.2) is 0 Å². The van der Waals surface area contributed by atoms with Crippen LogP contribution < -0.4 is 10.1 Å². The van der Waals surface area contributed by atoms with Crippen molar-refractivity contribution in [3.05, 3.63) is 65.2 Å². The summed E-state index contributed by atoms with van der Waals surface area (Å²) in [6.07, 6.45) is 1.55. The first kappa shape index (κ1) is 24.5. The first-order valence-electron chi connectivity index (χ1n) is 10.9. The molecule has 0 heterocycles. The molecule has 1 amide bonds. The lowest BCUT2D eigenvalue weighted by atomic mass is 10.0. The zero-order valence-electron chi connectivity index (χ0n) is 18.9. The highest BCUT2D eigenvalue weighted by atomic mass is 32.2. The maximum atomic E-state index is 12.8. The molecule has 0 aliphatic rings. The molecule has 3 aromatic carbocycles. The van der Waals surface area contributed by atoms with Crippen LogP contribution in [0.25, 0.3) is 10.8 Å². The van der Waals surface area contributed by atoms with Crippen LogP contribution >= 0.6 is 11.8 Å². The molecule has 3 rings (SSSR count). The number of aromatic hydroxyl groups is 1. The summed E-state index contributed by atoms with van der Waals surface area (Å²) in [6.45, 7) is 5.09. The Hall–Kier alpha value is -3.19. The largest absolute Gasteiger partial charge is 0.506 e. The summed E-state index contributed by atoms with van der Waals surface area (Å²) in [5.41, 5.74) is 2.49. The van der Waals surface area contributed by atoms with Crippen LogP contribution in [-0.2, 0) is 4.79 Å². The number of rotatable bonds is 11. The van der Waals surface area contributed by atoms with Gasteiger partial charge in [0.2, 0.25) is 0 Å². The van der Waals surface area contributed by atoms with E-state index < -0.39 is 5.97 Å². The van der Waals surface area contributed by atoms with Crippen LogP contribution in [0.2, 0.25) is 0 Å². The topological polar surface area (TPSA) is 95.9 Å². The highest BCUT2D eigenvalue weighted by Gasteiger charge is 2.17. The number of hydrogen-bond donors (Lipinski definition) is 3. The van der Waals surface area contributed by atoms with Crippen LogP contribution in [0, 0.1) is 13.8 Å². The number of ether oxygens (including phenoxy) is 1. The number of benzene rings is 3. The smallest absolute Gasteiger partial charge is 0.304 e. The summed E-state index contributed by atoms with van der Waals surface area (Å²) in [7, 11) is 0. The van der Waals surface area contributed by atoms with Crippen LogP contribution in [0.1, 0.15) is 40.7 Å². The number of fused-ring (bicyclic) bond motifs is 1. The number of phenolic OH excluding ortho intramolecular Hbond substituents is 1. The normalized spacial score (nSPS) is 10.8. The molecule has 0 aliphatic carbocycles. The molecule has 3 aromatic rings. The summed E-state index contributed by atoms with van der Waals surface area (Å²) in [5.74, 6) is -0.0350. The van der Waals surface area contributed by atoms with Crippen LogP contribution in [0.5, 0.6) is 11.5 Å². The molecule has 0 radical (unpaired) electrons. The summed E-state index contributed by atoms with van der Waals surface area (Å²) in [6, 6.07) is 15.0. The van der Waals surface area contributed by atoms with E-state index in [9.17, 15) is 14.7 Å². The van der Waals surface area contributed by atoms with Crippen molar-refractivity contribution in [1.29, 1.82) is 0 Å². The maximum absolute atomic E-state index is 12.8. The van der Waals surface area contributed by atoms with Gasteiger partial charge >= 0.3 is 5.97 Å². The maximum Gasteiger partial charge on any atom is 0.304 e. The average molecular weight is 468 g/mol. The van der Waals surface area contributed by atoms with Crippen molar-refractivity contribution in [3.63, 3.8) is 0 Å². The number of carboxylic acids is 1. The van der Waals surface area contributed by atoms with Gasteiger partial charge in [-0.2, -0.15) is 0 Å². The van der Waals surface area contributed by atoms with E-state index in [2.05, 4.69) is 11.4 Å². The van der Waals surface area contributed by atoms with Crippen LogP contribution in [0.3, 0.4) is 0 Å². The van der Waals surface area contributed by atoms with Crippen molar-refractivity contribution in [1.82, 2.24) is 5.32 Å². The second kappa shape index (κ2) is 11.6. The summed E-state index contributed by atoms with van der Waals surface area (Å²) in [4.78, 5) is 24.4. The van der Waals surface area contributed by atoms with Crippen molar-refractivity contribution in [3.8, 4) is 11.5 Å². The molecule has 174 valence electrons. The third-order valence-electron chi connectivity index (χ3n) is 5.24. The van der Waals surface area contributed by atoms with Crippen molar-refractivity contribution in [2.45, 2.75) is 38.0 Å². The quantitative estimate of drug-likeness (QED) is 0.261. The Balaban J connectivity index is 1.57. The lowest BCUT2D eigenvalue weighted by Crippen LogP contribution is -2.25. The molecule has 0 aliphatic heterocycles. The van der Waals surface area contributed by atoms with Crippen LogP contribution in [0.15, 0.2) is 53.4 Å². The number of aryl methyl sites for hydroxylation is 2. The Morgan fingerprint density at radius 2 is 1.79 bits per heavy atom. The average Bonchev–Trinajstić information content (AvgIpc) is 2.78. The second-order valence-corrected chi connectivity index (χ2v) is 9.03. The van der Waals surface area contributed by atoms with Gasteiger partial charge < -0.3 is 20.3 Å². The third kappa shape index (κ3) is 6.65. The fourth-order valence-corrected chi connectivity index (χ4v) is 4.57. The van der Waals surface area contributed by atoms with Gasteiger partial charge in [-0.25, -0.2) is 0 Å². The first-order valence-corrected chi connectivity index (χ1v) is 11.9. The minimum Gasteiger partial charge on any atom is -0.506 e. The number of carbonyl (C=O) groups is 2. The summed E-state index contributed by atoms with van der Waals surface area (Å²) < 4.78 is 5.82. The summed E-state index contributed by atoms with van der Waals surface area (Å²) >= 11 is 1.36. The molecule has 0 unspecified atom stereocenters. The van der Waals surface area contributed by atoms with E-state index in [0.717, 1.165) is 34.4 Å². The number of thioether (sulfide) groups is 1. The lowest BCUT2D eigenvalue weighted by Gasteiger charge is -2.13. The number of carbonyl (C=O) groups excluding carboxylic acids is 1. The molecule has 0 fully saturated rings. The standard InChI is InChI=1S/C26H29NO5S/c1-17-9-10-22(18(2)15-17)32-13-6-5-12-27-26(31)21-16-23(33-14-11-24(28)29)19-7-3-4-8-20(19)25(21)30/h3-4,7-10,15-16,30H,5-6,11-14H2,1-2H3,(H,27,31)(H,28,29). The van der Waals surface area contributed by atoms with E-state index >= 15 is 0 Å². The fourth-order valence-electron chi connectivity index (χ4n) is 3.54. The Morgan fingerprint density at radius 3 is 2.52 bits per heavy atom. The van der Waals surface area contributed by atoms with Gasteiger partial charge in [-0.1, -0.05) is 42.0 Å². The van der Waals surface area contributed by atoms with Crippen molar-refractivity contribution >= 4 is 34.4 Å². The number of unbranched alkanes of at least 4 members (excludes halogenated alkanes) is 1. The Kier molecular flexibility index (Phi) is 8.60. The fraction of sp³-hybridized carbons (Fsp3) is 0.308. The molecule has 3 N–H and O–H groups in total. The van der Waals surface area contributed by atoms with Gasteiger partial charge in [0.05, 0.1) is 18.6 Å². The van der Waals surface area contributed by atoms with Crippen molar-refractivity contribution < 1.29 is 24.5 Å². The highest BCUT2D eigenvalue weighted by Crippen LogP contribution is 2.36. The predicted octanol–water partition coefficient (Wildman–Crippen LogP) is 5.32. The molecule has 6 nitrogen and oxygen atoms in total. The number of hydrogen-bond acceptors (Lipinski definition) is 5. The second-order valence-electron chi connectivity index (χ2n) is 7.89. The van der Waals surface area contributed by atoms with Crippen molar-refractivity contribution in [2.75, 3.05) is 18.9 Å². The van der Waals surface area contributed by atoms with E-state index in [-0.39, 0.29) is 23.6 Å². The van der Waals surface area contributed by atoms with E-state index in [1.807, 2.05) is 38.1 Å². The first-order chi connectivity index (χ1) is 15.9. The van der Waals surface area contributed by atoms with E-state index in [1.165, 1.54) is 17.3 Å². The van der Waals surface area contributed by atoms with Gasteiger partial charge in [-0.05, 0) is 49.8 Å². The predicted molar refractivity (Wildman–Crippen MR) is 132 cm³/mol. The van der Waals surface area contributed by atoms with Crippen molar-refractivity contribution in [2.24, 2.45) is 0 Å². The Morgan fingerprint density at radius 1 is 1.03 bits per heavy atom. The highest BCUT2D eigenvalue weighted by molar-refractivity contribution is 7.99. The molecular weight excluding hydrogens is 438 g/mol. The zero-order chi connectivity index (χ0) is 23.8. The molecule has 0 spiro atoms. The van der Waals surface area contributed by atoms with Gasteiger partial charge in [0.1, 0.15) is 11.5 Å². The van der Waals surface area contributed by atoms with E-state index in [1.54, 1.807) is 18.2 Å². The molecule has 0 bridgehead atoms. The minimum absolute atomic E-state index is 0.0194. The summed E-state index contributed by atoms with van der Waals surface area (Å²) in [5, 5.41) is 23.8. The minimum atomic E-state index is -0.870. The van der Waals surface area contributed by atoms with Crippen LogP contribution in [-0.4, -0.2) is 41.0 Å². The molecule has 0 saturated carbocycles. The van der Waals surface area contributed by atoms with E-state index in [4.69, 9.17) is 9.84 Å². The molecular formula is C26H29NO5S.